The highest BCUT2D eigenvalue weighted by atomic mass is 79.9. The van der Waals surface area contributed by atoms with Crippen LogP contribution in [-0.4, -0.2) is 10.8 Å². The summed E-state index contributed by atoms with van der Waals surface area (Å²) in [6.07, 6.45) is 0. The molecule has 2 rings (SSSR count). The van der Waals surface area contributed by atoms with Gasteiger partial charge in [-0.05, 0) is 46.6 Å². The van der Waals surface area contributed by atoms with Gasteiger partial charge in [-0.25, -0.2) is 0 Å². The summed E-state index contributed by atoms with van der Waals surface area (Å²) in [5.41, 5.74) is 1.72. The predicted molar refractivity (Wildman–Crippen MR) is 87.6 cm³/mol. The number of amides is 1. The molecular formula is C14H10Br2N2O3. The van der Waals surface area contributed by atoms with Crippen LogP contribution in [0.25, 0.3) is 0 Å². The highest BCUT2D eigenvalue weighted by molar-refractivity contribution is 9.11. The Morgan fingerprint density at radius 1 is 1.24 bits per heavy atom. The lowest BCUT2D eigenvalue weighted by Gasteiger charge is -2.08. The van der Waals surface area contributed by atoms with Gasteiger partial charge in [0.05, 0.1) is 10.5 Å². The van der Waals surface area contributed by atoms with Gasteiger partial charge in [-0.1, -0.05) is 28.1 Å². The van der Waals surface area contributed by atoms with Crippen molar-refractivity contribution in [2.45, 2.75) is 6.92 Å². The average Bonchev–Trinajstić information content (AvgIpc) is 2.42. The quantitative estimate of drug-likeness (QED) is 0.586. The number of aryl methyl sites for hydroxylation is 1. The van der Waals surface area contributed by atoms with Crippen LogP contribution in [0.15, 0.2) is 45.3 Å². The van der Waals surface area contributed by atoms with Crippen molar-refractivity contribution in [2.24, 2.45) is 0 Å². The van der Waals surface area contributed by atoms with E-state index in [0.717, 1.165) is 10.0 Å². The van der Waals surface area contributed by atoms with Crippen LogP contribution in [-0.2, 0) is 0 Å². The van der Waals surface area contributed by atoms with Gasteiger partial charge in [-0.15, -0.1) is 0 Å². The van der Waals surface area contributed by atoms with Crippen LogP contribution in [0.1, 0.15) is 15.9 Å². The molecule has 108 valence electrons. The molecule has 0 spiro atoms. The summed E-state index contributed by atoms with van der Waals surface area (Å²) >= 11 is 6.50. The van der Waals surface area contributed by atoms with Crippen molar-refractivity contribution in [3.05, 3.63) is 66.6 Å². The molecule has 0 saturated carbocycles. The van der Waals surface area contributed by atoms with Gasteiger partial charge in [-0.2, -0.15) is 0 Å². The molecule has 1 N–H and O–H groups in total. The summed E-state index contributed by atoms with van der Waals surface area (Å²) < 4.78 is 1.04. The minimum Gasteiger partial charge on any atom is -0.322 e. The van der Waals surface area contributed by atoms with Crippen molar-refractivity contribution in [2.75, 3.05) is 5.32 Å². The van der Waals surface area contributed by atoms with Gasteiger partial charge in [0, 0.05) is 16.2 Å². The Balaban J connectivity index is 2.30. The second kappa shape index (κ2) is 6.36. The Morgan fingerprint density at radius 3 is 2.57 bits per heavy atom. The summed E-state index contributed by atoms with van der Waals surface area (Å²) in [5.74, 6) is -0.415. The zero-order valence-corrected chi connectivity index (χ0v) is 14.1. The van der Waals surface area contributed by atoms with Gasteiger partial charge in [0.2, 0.25) is 0 Å². The lowest BCUT2D eigenvalue weighted by molar-refractivity contribution is -0.385. The number of nitrogens with one attached hydrogen (secondary N) is 1. The summed E-state index contributed by atoms with van der Waals surface area (Å²) in [6, 6.07) is 9.74. The van der Waals surface area contributed by atoms with Crippen LogP contribution < -0.4 is 5.32 Å². The van der Waals surface area contributed by atoms with E-state index in [0.29, 0.717) is 5.69 Å². The molecule has 0 aliphatic carbocycles. The maximum Gasteiger partial charge on any atom is 0.284 e. The molecule has 2 aromatic carbocycles. The normalized spacial score (nSPS) is 10.2. The number of nitrogens with zero attached hydrogens (tertiary/aromatic N) is 1. The van der Waals surface area contributed by atoms with Crippen molar-refractivity contribution >= 4 is 49.1 Å². The van der Waals surface area contributed by atoms with E-state index in [2.05, 4.69) is 37.2 Å². The molecular weight excluding hydrogens is 404 g/mol. The first-order chi connectivity index (χ1) is 9.90. The van der Waals surface area contributed by atoms with Gasteiger partial charge in [0.25, 0.3) is 11.6 Å². The van der Waals surface area contributed by atoms with E-state index in [1.807, 2.05) is 13.0 Å². The fraction of sp³-hybridized carbons (Fsp3) is 0.0714. The number of anilines is 1. The molecule has 0 bridgehead atoms. The first-order valence-corrected chi connectivity index (χ1v) is 7.49. The van der Waals surface area contributed by atoms with Crippen LogP contribution >= 0.6 is 31.9 Å². The number of hydrogen-bond acceptors (Lipinski definition) is 3. The molecule has 7 heteroatoms. The lowest BCUT2D eigenvalue weighted by Crippen LogP contribution is -2.13. The summed E-state index contributed by atoms with van der Waals surface area (Å²) in [6.45, 7) is 1.94. The van der Waals surface area contributed by atoms with Crippen LogP contribution in [0.5, 0.6) is 0 Å². The molecule has 21 heavy (non-hydrogen) atoms. The smallest absolute Gasteiger partial charge is 0.284 e. The summed E-state index contributed by atoms with van der Waals surface area (Å²) in [7, 11) is 0. The summed E-state index contributed by atoms with van der Waals surface area (Å²) in [4.78, 5) is 22.6. The van der Waals surface area contributed by atoms with Crippen molar-refractivity contribution in [3.63, 3.8) is 0 Å². The first kappa shape index (κ1) is 15.7. The third-order valence-electron chi connectivity index (χ3n) is 2.85. The molecule has 0 aliphatic heterocycles. The van der Waals surface area contributed by atoms with Crippen LogP contribution in [0.3, 0.4) is 0 Å². The molecule has 0 radical (unpaired) electrons. The monoisotopic (exact) mass is 412 g/mol. The molecule has 0 fully saturated rings. The number of rotatable bonds is 3. The standard InChI is InChI=1S/C14H10Br2N2O3/c1-8-5-6-9(7-11(8)15)17-14(19)10-3-2-4-12(13(10)16)18(20)21/h2-7H,1H3,(H,17,19). The molecule has 0 aliphatic rings. The molecule has 0 atom stereocenters. The molecule has 0 saturated heterocycles. The number of nitro benzene ring substituents is 1. The van der Waals surface area contributed by atoms with Crippen LogP contribution in [0.2, 0.25) is 0 Å². The van der Waals surface area contributed by atoms with Crippen molar-refractivity contribution < 1.29 is 9.72 Å². The number of benzene rings is 2. The third kappa shape index (κ3) is 3.48. The van der Waals surface area contributed by atoms with Gasteiger partial charge in [0.15, 0.2) is 0 Å². The van der Waals surface area contributed by atoms with Gasteiger partial charge < -0.3 is 5.32 Å². The number of halogens is 2. The van der Waals surface area contributed by atoms with Gasteiger partial charge in [-0.3, -0.25) is 14.9 Å². The van der Waals surface area contributed by atoms with E-state index in [1.165, 1.54) is 18.2 Å². The van der Waals surface area contributed by atoms with E-state index in [9.17, 15) is 14.9 Å². The van der Waals surface area contributed by atoms with Crippen LogP contribution in [0.4, 0.5) is 11.4 Å². The number of nitro groups is 1. The first-order valence-electron chi connectivity index (χ1n) is 5.90. The molecule has 2 aromatic rings. The summed E-state index contributed by atoms with van der Waals surface area (Å²) in [5, 5.41) is 13.6. The topological polar surface area (TPSA) is 72.2 Å². The Hall–Kier alpha value is -1.73. The largest absolute Gasteiger partial charge is 0.322 e. The zero-order chi connectivity index (χ0) is 15.6. The van der Waals surface area contributed by atoms with E-state index in [4.69, 9.17) is 0 Å². The Morgan fingerprint density at radius 2 is 1.95 bits per heavy atom. The maximum atomic E-state index is 12.2. The number of carbonyl (C=O) groups excluding carboxylic acids is 1. The second-order valence-corrected chi connectivity index (χ2v) is 5.96. The fourth-order valence-electron chi connectivity index (χ4n) is 1.71. The molecule has 0 heterocycles. The van der Waals surface area contributed by atoms with E-state index in [-0.39, 0.29) is 15.7 Å². The van der Waals surface area contributed by atoms with Crippen molar-refractivity contribution in [3.8, 4) is 0 Å². The van der Waals surface area contributed by atoms with Crippen LogP contribution in [0, 0.1) is 17.0 Å². The zero-order valence-electron chi connectivity index (χ0n) is 10.9. The van der Waals surface area contributed by atoms with E-state index in [1.54, 1.807) is 12.1 Å². The van der Waals surface area contributed by atoms with Gasteiger partial charge >= 0.3 is 0 Å². The highest BCUT2D eigenvalue weighted by Gasteiger charge is 2.19. The Kier molecular flexibility index (Phi) is 4.74. The minimum atomic E-state index is -0.538. The van der Waals surface area contributed by atoms with Crippen molar-refractivity contribution in [1.29, 1.82) is 0 Å². The van der Waals surface area contributed by atoms with Crippen molar-refractivity contribution in [1.82, 2.24) is 0 Å². The van der Waals surface area contributed by atoms with E-state index < -0.39 is 10.8 Å². The Labute approximate surface area is 137 Å². The average molecular weight is 414 g/mol. The molecule has 0 unspecified atom stereocenters. The Bertz CT molecular complexity index is 732. The highest BCUT2D eigenvalue weighted by Crippen LogP contribution is 2.29. The van der Waals surface area contributed by atoms with E-state index >= 15 is 0 Å². The van der Waals surface area contributed by atoms with Gasteiger partial charge in [0.1, 0.15) is 4.47 Å². The minimum absolute atomic E-state index is 0.146. The lowest BCUT2D eigenvalue weighted by atomic mass is 10.1. The SMILES string of the molecule is Cc1ccc(NC(=O)c2cccc([N+](=O)[O-])c2Br)cc1Br. The predicted octanol–water partition coefficient (Wildman–Crippen LogP) is 4.68. The number of hydrogen-bond donors (Lipinski definition) is 1. The molecule has 1 amide bonds. The number of carbonyl (C=O) groups is 1. The molecule has 5 nitrogen and oxygen atoms in total. The third-order valence-corrected chi connectivity index (χ3v) is 4.54. The molecule has 0 aromatic heterocycles. The maximum absolute atomic E-state index is 12.2. The fourth-order valence-corrected chi connectivity index (χ4v) is 2.67. The second-order valence-electron chi connectivity index (χ2n) is 4.31.